The molecule has 0 amide bonds. The van der Waals surface area contributed by atoms with E-state index in [2.05, 4.69) is 53.1 Å². The van der Waals surface area contributed by atoms with Crippen LogP contribution in [0.2, 0.25) is 0 Å². The minimum absolute atomic E-state index is 0.263. The number of methoxy groups -OCH3 is 1. The summed E-state index contributed by atoms with van der Waals surface area (Å²) in [5.41, 5.74) is 4.17. The molecule has 1 N–H and O–H groups in total. The molecule has 2 aromatic rings. The van der Waals surface area contributed by atoms with E-state index in [1.54, 1.807) is 7.11 Å². The topological polar surface area (TPSA) is 83.8 Å². The summed E-state index contributed by atoms with van der Waals surface area (Å²) in [7, 11) is 1.70. The number of oxime groups is 1. The van der Waals surface area contributed by atoms with E-state index in [1.165, 1.54) is 35.1 Å². The molecule has 0 aromatic heterocycles. The van der Waals surface area contributed by atoms with Crippen molar-refractivity contribution in [3.05, 3.63) is 47.5 Å². The van der Waals surface area contributed by atoms with Gasteiger partial charge in [-0.2, -0.15) is 0 Å². The fourth-order valence-electron chi connectivity index (χ4n) is 6.95. The summed E-state index contributed by atoms with van der Waals surface area (Å²) in [5, 5.41) is 14.0. The molecular formula is C33H43N3O5. The van der Waals surface area contributed by atoms with Crippen LogP contribution in [0.1, 0.15) is 69.9 Å². The lowest BCUT2D eigenvalue weighted by atomic mass is 9.80. The molecule has 4 aliphatic rings. The molecule has 0 radical (unpaired) electrons. The second-order valence-electron chi connectivity index (χ2n) is 12.7. The van der Waals surface area contributed by atoms with Gasteiger partial charge in [0.1, 0.15) is 17.3 Å². The van der Waals surface area contributed by atoms with E-state index in [0.29, 0.717) is 38.5 Å². The number of piperidine rings is 1. The third-order valence-electron chi connectivity index (χ3n) is 9.72. The van der Waals surface area contributed by atoms with Gasteiger partial charge in [0.25, 0.3) is 0 Å². The molecule has 3 heterocycles. The van der Waals surface area contributed by atoms with Gasteiger partial charge in [-0.05, 0) is 79.8 Å². The lowest BCUT2D eigenvalue weighted by Gasteiger charge is -2.46. The van der Waals surface area contributed by atoms with Crippen molar-refractivity contribution in [3.8, 4) is 22.6 Å². The molecule has 2 saturated heterocycles. The average molecular weight is 562 g/mol. The van der Waals surface area contributed by atoms with Crippen molar-refractivity contribution in [1.82, 2.24) is 9.80 Å². The first-order valence-electron chi connectivity index (χ1n) is 15.2. The van der Waals surface area contributed by atoms with E-state index in [9.17, 15) is 9.90 Å². The Hall–Kier alpha value is -3.26. The molecule has 8 nitrogen and oxygen atoms in total. The minimum Gasteiger partial charge on any atom is -0.497 e. The van der Waals surface area contributed by atoms with Crippen LogP contribution >= 0.6 is 0 Å². The van der Waals surface area contributed by atoms with Gasteiger partial charge in [0.2, 0.25) is 0 Å². The molecule has 0 bridgehead atoms. The number of rotatable bonds is 9. The fraction of sp³-hybridized carbons (Fsp3) is 0.576. The number of benzene rings is 2. The highest BCUT2D eigenvalue weighted by atomic mass is 16.7. The molecule has 2 unspecified atom stereocenters. The second kappa shape index (κ2) is 10.9. The summed E-state index contributed by atoms with van der Waals surface area (Å²) in [6, 6.07) is 13.0. The number of amidine groups is 1. The van der Waals surface area contributed by atoms with Gasteiger partial charge in [-0.3, -0.25) is 9.69 Å². The number of nitrogens with zero attached hydrogens (tertiary/aromatic N) is 3. The molecule has 8 heteroatoms. The molecule has 3 fully saturated rings. The van der Waals surface area contributed by atoms with Crippen LogP contribution in [0.4, 0.5) is 0 Å². The van der Waals surface area contributed by atoms with Crippen molar-refractivity contribution in [2.24, 2.45) is 16.5 Å². The maximum atomic E-state index is 11.6. The Morgan fingerprint density at radius 2 is 1.88 bits per heavy atom. The number of hydrogen-bond donors (Lipinski definition) is 1. The first kappa shape index (κ1) is 27.9. The van der Waals surface area contributed by atoms with E-state index < -0.39 is 11.4 Å². The predicted molar refractivity (Wildman–Crippen MR) is 158 cm³/mol. The first-order valence-corrected chi connectivity index (χ1v) is 15.2. The molecular weight excluding hydrogens is 518 g/mol. The molecule has 2 atom stereocenters. The Balaban J connectivity index is 1.15. The Labute approximate surface area is 243 Å². The van der Waals surface area contributed by atoms with E-state index in [4.69, 9.17) is 14.3 Å². The third kappa shape index (κ3) is 5.39. The molecule has 1 spiro atoms. The van der Waals surface area contributed by atoms with E-state index in [0.717, 1.165) is 49.3 Å². The smallest absolute Gasteiger partial charge is 0.309 e. The van der Waals surface area contributed by atoms with Crippen LogP contribution in [0, 0.1) is 11.3 Å². The van der Waals surface area contributed by atoms with E-state index in [1.807, 2.05) is 19.1 Å². The number of aliphatic carboxylic acids is 1. The normalized spacial score (nSPS) is 24.4. The maximum absolute atomic E-state index is 11.6. The van der Waals surface area contributed by atoms with Gasteiger partial charge in [-0.15, -0.1) is 0 Å². The van der Waals surface area contributed by atoms with Crippen molar-refractivity contribution >= 4 is 11.8 Å². The number of carboxylic acid groups (broad SMARTS) is 1. The minimum atomic E-state index is -0.701. The van der Waals surface area contributed by atoms with Crippen LogP contribution in [-0.4, -0.2) is 72.2 Å². The van der Waals surface area contributed by atoms with Crippen molar-refractivity contribution < 1.29 is 24.2 Å². The summed E-state index contributed by atoms with van der Waals surface area (Å²) in [6.45, 7) is 10.8. The van der Waals surface area contributed by atoms with Crippen LogP contribution < -0.4 is 9.47 Å². The number of likely N-dealkylation sites (tertiary alicyclic amines) is 2. The number of ether oxygens (including phenoxy) is 2. The highest BCUT2D eigenvalue weighted by Gasteiger charge is 2.51. The van der Waals surface area contributed by atoms with Gasteiger partial charge in [-0.25, -0.2) is 0 Å². The maximum Gasteiger partial charge on any atom is 0.309 e. The molecule has 3 aliphatic heterocycles. The van der Waals surface area contributed by atoms with Crippen LogP contribution in [0.15, 0.2) is 41.6 Å². The Bertz CT molecular complexity index is 1310. The van der Waals surface area contributed by atoms with Crippen LogP contribution in [-0.2, 0) is 16.2 Å². The molecule has 6 rings (SSSR count). The van der Waals surface area contributed by atoms with Crippen LogP contribution in [0.3, 0.4) is 0 Å². The molecule has 1 aliphatic carbocycles. The zero-order valence-corrected chi connectivity index (χ0v) is 24.8. The van der Waals surface area contributed by atoms with Gasteiger partial charge in [0, 0.05) is 38.3 Å². The average Bonchev–Trinajstić information content (AvgIpc) is 3.62. The van der Waals surface area contributed by atoms with E-state index in [-0.39, 0.29) is 5.60 Å². The van der Waals surface area contributed by atoms with Crippen molar-refractivity contribution in [2.45, 2.75) is 70.9 Å². The Morgan fingerprint density at radius 1 is 1.15 bits per heavy atom. The summed E-state index contributed by atoms with van der Waals surface area (Å²) < 4.78 is 11.7. The zero-order chi connectivity index (χ0) is 28.8. The SMILES string of the molecule is CCOc1cc(CN2CC3(CC(N4CCC(C)(C(=O)O)CC4)=NO3)C2)cc(C2CC2CC)c1-c1ccc(OC)cc1. The van der Waals surface area contributed by atoms with Gasteiger partial charge < -0.3 is 24.3 Å². The summed E-state index contributed by atoms with van der Waals surface area (Å²) >= 11 is 0. The summed E-state index contributed by atoms with van der Waals surface area (Å²) in [6.07, 6.45) is 4.49. The summed E-state index contributed by atoms with van der Waals surface area (Å²) in [5.74, 6) is 3.39. The molecule has 1 saturated carbocycles. The Morgan fingerprint density at radius 3 is 2.49 bits per heavy atom. The standard InChI is InChI=1S/C33H43N3O5/c1-5-23-17-26(23)27-15-22(16-28(40-6-2)30(27)24-7-9-25(39-4)10-8-24)19-35-20-33(21-35)18-29(34-41-33)36-13-11-32(3,12-14-36)31(37)38/h7-10,15-16,23,26H,5-6,11-14,17-21H2,1-4H3,(H,37,38). The quantitative estimate of drug-likeness (QED) is 0.417. The van der Waals surface area contributed by atoms with Crippen molar-refractivity contribution in [1.29, 1.82) is 0 Å². The van der Waals surface area contributed by atoms with Gasteiger partial charge >= 0.3 is 5.97 Å². The molecule has 41 heavy (non-hydrogen) atoms. The molecule has 2 aromatic carbocycles. The first-order chi connectivity index (χ1) is 19.8. The number of carboxylic acids is 1. The monoisotopic (exact) mass is 561 g/mol. The Kier molecular flexibility index (Phi) is 7.39. The lowest BCUT2D eigenvalue weighted by molar-refractivity contribution is -0.150. The fourth-order valence-corrected chi connectivity index (χ4v) is 6.95. The van der Waals surface area contributed by atoms with Gasteiger partial charge in [0.05, 0.1) is 25.6 Å². The predicted octanol–water partition coefficient (Wildman–Crippen LogP) is 5.75. The summed E-state index contributed by atoms with van der Waals surface area (Å²) in [4.78, 5) is 22.3. The second-order valence-corrected chi connectivity index (χ2v) is 12.7. The lowest BCUT2D eigenvalue weighted by Crippen LogP contribution is -2.61. The zero-order valence-electron chi connectivity index (χ0n) is 24.8. The third-order valence-corrected chi connectivity index (χ3v) is 9.72. The van der Waals surface area contributed by atoms with Crippen LogP contribution in [0.25, 0.3) is 11.1 Å². The van der Waals surface area contributed by atoms with Crippen molar-refractivity contribution in [3.63, 3.8) is 0 Å². The largest absolute Gasteiger partial charge is 0.497 e. The van der Waals surface area contributed by atoms with Gasteiger partial charge in [-0.1, -0.05) is 36.7 Å². The number of hydrogen-bond acceptors (Lipinski definition) is 7. The van der Waals surface area contributed by atoms with Crippen molar-refractivity contribution in [2.75, 3.05) is 39.9 Å². The highest BCUT2D eigenvalue weighted by molar-refractivity contribution is 5.85. The van der Waals surface area contributed by atoms with E-state index >= 15 is 0 Å². The molecule has 220 valence electrons. The number of carbonyl (C=O) groups is 1. The van der Waals surface area contributed by atoms with Gasteiger partial charge in [0.15, 0.2) is 5.60 Å². The highest BCUT2D eigenvalue weighted by Crippen LogP contribution is 2.54. The van der Waals surface area contributed by atoms with Crippen LogP contribution in [0.5, 0.6) is 11.5 Å².